The highest BCUT2D eigenvalue weighted by molar-refractivity contribution is 6.03. The van der Waals surface area contributed by atoms with E-state index in [0.29, 0.717) is 36.0 Å². The van der Waals surface area contributed by atoms with Crippen molar-refractivity contribution in [2.24, 2.45) is 57.2 Å². The van der Waals surface area contributed by atoms with Gasteiger partial charge in [-0.25, -0.2) is 0 Å². The van der Waals surface area contributed by atoms with Crippen molar-refractivity contribution in [3.05, 3.63) is 11.1 Å². The fourth-order valence-electron chi connectivity index (χ4n) is 11.0. The molecule has 0 radical (unpaired) electrons. The molecule has 0 aromatic carbocycles. The van der Waals surface area contributed by atoms with Crippen LogP contribution in [0.5, 0.6) is 0 Å². The maximum atomic E-state index is 13.2. The van der Waals surface area contributed by atoms with Gasteiger partial charge in [-0.2, -0.15) is 0 Å². The molecule has 0 aromatic rings. The number of allylic oxidation sites excluding steroid dienone is 2. The summed E-state index contributed by atoms with van der Waals surface area (Å²) in [6.45, 7) is 16.6. The number of hydrogen-bond acceptors (Lipinski definition) is 3. The van der Waals surface area contributed by atoms with E-state index in [0.717, 1.165) is 44.0 Å². The zero-order valence-corrected chi connectivity index (χ0v) is 22.7. The van der Waals surface area contributed by atoms with Gasteiger partial charge in [0.15, 0.2) is 5.78 Å². The zero-order chi connectivity index (χ0) is 24.8. The molecular weight excluding hydrogens is 420 g/mol. The third-order valence-electron chi connectivity index (χ3n) is 12.7. The molecule has 0 aromatic heterocycles. The van der Waals surface area contributed by atoms with E-state index in [1.54, 1.807) is 0 Å². The van der Waals surface area contributed by atoms with Crippen LogP contribution < -0.4 is 0 Å². The molecule has 5 rings (SSSR count). The number of aliphatic hydroxyl groups excluding tert-OH is 1. The van der Waals surface area contributed by atoms with E-state index in [-0.39, 0.29) is 34.1 Å². The summed E-state index contributed by atoms with van der Waals surface area (Å²) in [6.07, 6.45) is 10.1. The lowest BCUT2D eigenvalue weighted by molar-refractivity contribution is -0.216. The third-order valence-corrected chi connectivity index (χ3v) is 12.7. The molecule has 0 aliphatic heterocycles. The van der Waals surface area contributed by atoms with Gasteiger partial charge in [0.05, 0.1) is 11.5 Å². The van der Waals surface area contributed by atoms with E-state index in [9.17, 15) is 14.7 Å². The van der Waals surface area contributed by atoms with Crippen LogP contribution in [0, 0.1) is 57.2 Å². The van der Waals surface area contributed by atoms with Gasteiger partial charge in [-0.15, -0.1) is 0 Å². The summed E-state index contributed by atoms with van der Waals surface area (Å²) in [5.41, 5.74) is 2.35. The van der Waals surface area contributed by atoms with Crippen molar-refractivity contribution in [2.75, 3.05) is 0 Å². The Labute approximate surface area is 207 Å². The van der Waals surface area contributed by atoms with Crippen molar-refractivity contribution >= 4 is 12.1 Å². The summed E-state index contributed by atoms with van der Waals surface area (Å²) in [5.74, 6) is 2.96. The lowest BCUT2D eigenvalue weighted by Crippen LogP contribution is -2.64. The van der Waals surface area contributed by atoms with Gasteiger partial charge in [-0.3, -0.25) is 4.79 Å². The molecule has 4 fully saturated rings. The van der Waals surface area contributed by atoms with Crippen molar-refractivity contribution in [3.8, 4) is 0 Å². The monoisotopic (exact) mass is 468 g/mol. The van der Waals surface area contributed by atoms with E-state index >= 15 is 0 Å². The van der Waals surface area contributed by atoms with Crippen molar-refractivity contribution < 1.29 is 14.7 Å². The molecule has 0 bridgehead atoms. The molecule has 5 aliphatic rings. The van der Waals surface area contributed by atoms with Crippen molar-refractivity contribution in [1.29, 1.82) is 0 Å². The van der Waals surface area contributed by atoms with E-state index in [1.165, 1.54) is 24.8 Å². The Kier molecular flexibility index (Phi) is 5.65. The SMILES string of the molecule is CC(C)C1=C2C3CC[C@@H]4C5(C)CC[C@H](O)C(C(C)C)[C@@H]5CC[C@@]4(C)[C@]3(C)CC[C@@]2(C=O)CC1=O. The predicted octanol–water partition coefficient (Wildman–Crippen LogP) is 6.77. The van der Waals surface area contributed by atoms with Crippen LogP contribution in [-0.2, 0) is 9.59 Å². The van der Waals surface area contributed by atoms with Crippen molar-refractivity contribution in [2.45, 2.75) is 112 Å². The number of carbonyl (C=O) groups is 2. The fourth-order valence-corrected chi connectivity index (χ4v) is 11.0. The van der Waals surface area contributed by atoms with E-state index < -0.39 is 5.41 Å². The van der Waals surface area contributed by atoms with Crippen LogP contribution in [0.2, 0.25) is 0 Å². The molecule has 34 heavy (non-hydrogen) atoms. The molecule has 1 N–H and O–H groups in total. The number of ketones is 1. The number of carbonyl (C=O) groups excluding carboxylic acids is 2. The molecule has 0 spiro atoms. The topological polar surface area (TPSA) is 54.4 Å². The van der Waals surface area contributed by atoms with Gasteiger partial charge in [0, 0.05) is 6.42 Å². The molecule has 3 unspecified atom stereocenters. The van der Waals surface area contributed by atoms with Crippen molar-refractivity contribution in [3.63, 3.8) is 0 Å². The summed E-state index contributed by atoms with van der Waals surface area (Å²) < 4.78 is 0. The Morgan fingerprint density at radius 2 is 1.62 bits per heavy atom. The van der Waals surface area contributed by atoms with E-state index in [1.807, 2.05) is 0 Å². The first-order valence-corrected chi connectivity index (χ1v) is 14.3. The van der Waals surface area contributed by atoms with Gasteiger partial charge in [0.2, 0.25) is 0 Å². The average Bonchev–Trinajstić information content (AvgIpc) is 3.07. The van der Waals surface area contributed by atoms with Crippen LogP contribution >= 0.6 is 0 Å². The lowest BCUT2D eigenvalue weighted by Gasteiger charge is -2.71. The average molecular weight is 469 g/mol. The standard InChI is InChI=1S/C31H48O3/c1-18(2)25-20-10-13-30(7)24(28(20,5)12-11-22(25)33)9-8-21-27-26(19(3)4)23(34)16-31(27,17-32)15-14-29(21,30)6/h17-22,24-25,33H,8-16H2,1-7H3/t20-,21?,22-,24+,25?,28?,29+,30+,31-/m0/s1. The molecular formula is C31H48O3. The smallest absolute Gasteiger partial charge is 0.160 e. The molecule has 0 saturated heterocycles. The molecule has 9 atom stereocenters. The summed E-state index contributed by atoms with van der Waals surface area (Å²) in [6, 6.07) is 0. The molecule has 0 heterocycles. The number of fused-ring (bicyclic) bond motifs is 7. The number of rotatable bonds is 3. The predicted molar refractivity (Wildman–Crippen MR) is 136 cm³/mol. The first-order chi connectivity index (χ1) is 15.9. The molecule has 5 aliphatic carbocycles. The Hall–Kier alpha value is -0.960. The Bertz CT molecular complexity index is 916. The maximum Gasteiger partial charge on any atom is 0.160 e. The number of hydrogen-bond donors (Lipinski definition) is 1. The minimum Gasteiger partial charge on any atom is -0.393 e. The normalized spacial score (nSPS) is 50.6. The van der Waals surface area contributed by atoms with Crippen LogP contribution in [-0.4, -0.2) is 23.3 Å². The lowest BCUT2D eigenvalue weighted by atomic mass is 9.33. The highest BCUT2D eigenvalue weighted by Gasteiger charge is 2.69. The van der Waals surface area contributed by atoms with Gasteiger partial charge in [0.1, 0.15) is 6.29 Å². The minimum atomic E-state index is -0.525. The molecule has 190 valence electrons. The number of Topliss-reactive ketones (excluding diaryl/α,β-unsaturated/α-hetero) is 1. The summed E-state index contributed by atoms with van der Waals surface area (Å²) in [7, 11) is 0. The quantitative estimate of drug-likeness (QED) is 0.465. The zero-order valence-electron chi connectivity index (χ0n) is 22.7. The second-order valence-corrected chi connectivity index (χ2v) is 14.5. The second-order valence-electron chi connectivity index (χ2n) is 14.5. The van der Waals surface area contributed by atoms with Gasteiger partial charge >= 0.3 is 0 Å². The van der Waals surface area contributed by atoms with Crippen LogP contribution in [0.1, 0.15) is 106 Å². The van der Waals surface area contributed by atoms with Crippen LogP contribution in [0.4, 0.5) is 0 Å². The number of aldehydes is 1. The molecule has 3 heteroatoms. The maximum absolute atomic E-state index is 13.2. The Morgan fingerprint density at radius 3 is 2.24 bits per heavy atom. The highest BCUT2D eigenvalue weighted by atomic mass is 16.3. The summed E-state index contributed by atoms with van der Waals surface area (Å²) >= 11 is 0. The van der Waals surface area contributed by atoms with Gasteiger partial charge in [-0.1, -0.05) is 48.5 Å². The van der Waals surface area contributed by atoms with Crippen LogP contribution in [0.25, 0.3) is 0 Å². The van der Waals surface area contributed by atoms with E-state index in [4.69, 9.17) is 0 Å². The highest BCUT2D eigenvalue weighted by Crippen LogP contribution is 2.75. The summed E-state index contributed by atoms with van der Waals surface area (Å²) in [5, 5.41) is 11.0. The van der Waals surface area contributed by atoms with Gasteiger partial charge in [0.25, 0.3) is 0 Å². The second kappa shape index (κ2) is 7.77. The van der Waals surface area contributed by atoms with Crippen molar-refractivity contribution in [1.82, 2.24) is 0 Å². The van der Waals surface area contributed by atoms with Gasteiger partial charge < -0.3 is 9.90 Å². The minimum absolute atomic E-state index is 0.125. The Balaban J connectivity index is 1.59. The summed E-state index contributed by atoms with van der Waals surface area (Å²) in [4.78, 5) is 25.8. The van der Waals surface area contributed by atoms with E-state index in [2.05, 4.69) is 48.5 Å². The van der Waals surface area contributed by atoms with Gasteiger partial charge in [-0.05, 0) is 114 Å². The molecule has 4 saturated carbocycles. The van der Waals surface area contributed by atoms with Crippen LogP contribution in [0.15, 0.2) is 11.1 Å². The Morgan fingerprint density at radius 1 is 0.912 bits per heavy atom. The molecule has 0 amide bonds. The van der Waals surface area contributed by atoms with Crippen LogP contribution in [0.3, 0.4) is 0 Å². The number of aliphatic hydroxyl groups is 1. The third kappa shape index (κ3) is 2.91. The fraction of sp³-hybridized carbons (Fsp3) is 0.871. The first kappa shape index (κ1) is 24.7. The molecule has 3 nitrogen and oxygen atoms in total. The first-order valence-electron chi connectivity index (χ1n) is 14.3. The largest absolute Gasteiger partial charge is 0.393 e.